The van der Waals surface area contributed by atoms with E-state index in [9.17, 15) is 4.79 Å². The van der Waals surface area contributed by atoms with Gasteiger partial charge in [-0.1, -0.05) is 0 Å². The van der Waals surface area contributed by atoms with E-state index in [2.05, 4.69) is 26.9 Å². The molecule has 1 N–H and O–H groups in total. The van der Waals surface area contributed by atoms with Crippen LogP contribution in [-0.2, 0) is 11.3 Å². The average Bonchev–Trinajstić information content (AvgIpc) is 2.60. The molecule has 1 aromatic heterocycles. The number of nitrogens with one attached hydrogen (secondary N) is 1. The Balaban J connectivity index is 2.00. The smallest absolute Gasteiger partial charge is 0.337 e. The molecule has 5 nitrogen and oxygen atoms in total. The van der Waals surface area contributed by atoms with Crippen LogP contribution in [0, 0.1) is 0 Å². The predicted molar refractivity (Wildman–Crippen MR) is 94.3 cm³/mol. The minimum atomic E-state index is -0.355. The van der Waals surface area contributed by atoms with Crippen LogP contribution in [0.3, 0.4) is 0 Å². The van der Waals surface area contributed by atoms with Crippen molar-refractivity contribution < 1.29 is 9.53 Å². The Bertz CT molecular complexity index is 659. The van der Waals surface area contributed by atoms with Crippen molar-refractivity contribution in [3.63, 3.8) is 0 Å². The number of aromatic nitrogens is 1. The van der Waals surface area contributed by atoms with Gasteiger partial charge in [0, 0.05) is 31.2 Å². The zero-order valence-corrected chi connectivity index (χ0v) is 14.0. The number of anilines is 1. The van der Waals surface area contributed by atoms with E-state index in [1.807, 2.05) is 12.1 Å². The molecule has 0 radical (unpaired) electrons. The number of carbonyl (C=O) groups is 1. The molecule has 0 amide bonds. The maximum atomic E-state index is 11.4. The Labute approximate surface area is 141 Å². The molecule has 0 saturated carbocycles. The van der Waals surface area contributed by atoms with E-state index in [1.54, 1.807) is 36.7 Å². The van der Waals surface area contributed by atoms with Crippen molar-refractivity contribution in [1.29, 1.82) is 0 Å². The van der Waals surface area contributed by atoms with Crippen LogP contribution in [-0.4, -0.2) is 34.6 Å². The third-order valence-electron chi connectivity index (χ3n) is 3.35. The summed E-state index contributed by atoms with van der Waals surface area (Å²) in [6, 6.07) is 11.0. The Morgan fingerprint density at radius 3 is 2.43 bits per heavy atom. The minimum Gasteiger partial charge on any atom is -0.465 e. The standard InChI is InChI=1S/C17H19N3O2S/c1-3-20(12-13-8-10-18-11-9-13)17(23)19-15-6-4-14(5-7-15)16(21)22-2/h4-11H,3,12H2,1-2H3,(H,19,23). The second-order valence-electron chi connectivity index (χ2n) is 4.87. The molecule has 0 spiro atoms. The van der Waals surface area contributed by atoms with Crippen molar-refractivity contribution in [2.24, 2.45) is 0 Å². The van der Waals surface area contributed by atoms with Crippen LogP contribution in [0.5, 0.6) is 0 Å². The molecule has 0 atom stereocenters. The summed E-state index contributed by atoms with van der Waals surface area (Å²) in [5, 5.41) is 3.82. The van der Waals surface area contributed by atoms with Gasteiger partial charge in [0.1, 0.15) is 0 Å². The summed E-state index contributed by atoms with van der Waals surface area (Å²) < 4.78 is 4.68. The van der Waals surface area contributed by atoms with Crippen LogP contribution in [0.4, 0.5) is 5.69 Å². The van der Waals surface area contributed by atoms with Crippen LogP contribution in [0.25, 0.3) is 0 Å². The van der Waals surface area contributed by atoms with E-state index < -0.39 is 0 Å². The molecule has 0 bridgehead atoms. The number of hydrogen-bond acceptors (Lipinski definition) is 4. The fraction of sp³-hybridized carbons (Fsp3) is 0.235. The maximum Gasteiger partial charge on any atom is 0.337 e. The first-order chi connectivity index (χ1) is 11.1. The lowest BCUT2D eigenvalue weighted by Crippen LogP contribution is -2.34. The molecule has 2 rings (SSSR count). The zero-order valence-electron chi connectivity index (χ0n) is 13.2. The zero-order chi connectivity index (χ0) is 16.7. The largest absolute Gasteiger partial charge is 0.465 e. The molecular formula is C17H19N3O2S. The molecule has 1 aromatic carbocycles. The number of ether oxygens (including phenoxy) is 1. The highest BCUT2D eigenvalue weighted by molar-refractivity contribution is 7.80. The number of benzene rings is 1. The van der Waals surface area contributed by atoms with Crippen LogP contribution >= 0.6 is 12.2 Å². The highest BCUT2D eigenvalue weighted by Gasteiger charge is 2.10. The Kier molecular flexibility index (Phi) is 6.05. The van der Waals surface area contributed by atoms with Crippen LogP contribution in [0.2, 0.25) is 0 Å². The second-order valence-corrected chi connectivity index (χ2v) is 5.26. The predicted octanol–water partition coefficient (Wildman–Crippen LogP) is 3.09. The summed E-state index contributed by atoms with van der Waals surface area (Å²) in [6.07, 6.45) is 3.54. The number of rotatable bonds is 5. The minimum absolute atomic E-state index is 0.355. The first kappa shape index (κ1) is 16.9. The molecule has 0 aliphatic carbocycles. The van der Waals surface area contributed by atoms with Crippen LogP contribution < -0.4 is 5.32 Å². The number of nitrogens with zero attached hydrogens (tertiary/aromatic N) is 2. The van der Waals surface area contributed by atoms with Gasteiger partial charge in [-0.15, -0.1) is 0 Å². The van der Waals surface area contributed by atoms with Gasteiger partial charge in [0.2, 0.25) is 0 Å². The third kappa shape index (κ3) is 4.75. The van der Waals surface area contributed by atoms with Gasteiger partial charge in [-0.25, -0.2) is 4.79 Å². The second kappa shape index (κ2) is 8.24. The average molecular weight is 329 g/mol. The molecule has 1 heterocycles. The fourth-order valence-electron chi connectivity index (χ4n) is 2.05. The SMILES string of the molecule is CCN(Cc1ccncc1)C(=S)Nc1ccc(C(=O)OC)cc1. The van der Waals surface area contributed by atoms with Gasteiger partial charge in [0.25, 0.3) is 0 Å². The summed E-state index contributed by atoms with van der Waals surface area (Å²) in [6.45, 7) is 3.55. The van der Waals surface area contributed by atoms with E-state index in [0.29, 0.717) is 17.2 Å². The monoisotopic (exact) mass is 329 g/mol. The summed E-state index contributed by atoms with van der Waals surface area (Å²) in [5.74, 6) is -0.355. The normalized spacial score (nSPS) is 10.0. The molecule has 120 valence electrons. The Morgan fingerprint density at radius 2 is 1.87 bits per heavy atom. The molecule has 6 heteroatoms. The summed E-state index contributed by atoms with van der Waals surface area (Å²) in [7, 11) is 1.36. The summed E-state index contributed by atoms with van der Waals surface area (Å²) in [5.41, 5.74) is 2.48. The third-order valence-corrected chi connectivity index (χ3v) is 3.71. The molecule has 0 unspecified atom stereocenters. The van der Waals surface area contributed by atoms with Crippen molar-refractivity contribution in [3.8, 4) is 0 Å². The summed E-state index contributed by atoms with van der Waals surface area (Å²) in [4.78, 5) is 17.5. The number of pyridine rings is 1. The molecule has 23 heavy (non-hydrogen) atoms. The Morgan fingerprint density at radius 1 is 1.22 bits per heavy atom. The van der Waals surface area contributed by atoms with Gasteiger partial charge in [0.05, 0.1) is 12.7 Å². The van der Waals surface area contributed by atoms with Gasteiger partial charge in [0.15, 0.2) is 5.11 Å². The molecule has 0 fully saturated rings. The van der Waals surface area contributed by atoms with Gasteiger partial charge in [-0.3, -0.25) is 4.98 Å². The number of thiocarbonyl (C=S) groups is 1. The van der Waals surface area contributed by atoms with Crippen LogP contribution in [0.1, 0.15) is 22.8 Å². The molecule has 0 aliphatic heterocycles. The number of carbonyl (C=O) groups excluding carboxylic acids is 1. The number of esters is 1. The highest BCUT2D eigenvalue weighted by Crippen LogP contribution is 2.12. The van der Waals surface area contributed by atoms with E-state index in [-0.39, 0.29) is 5.97 Å². The molecular weight excluding hydrogens is 310 g/mol. The lowest BCUT2D eigenvalue weighted by atomic mass is 10.2. The Hall–Kier alpha value is -2.47. The number of methoxy groups -OCH3 is 1. The first-order valence-corrected chi connectivity index (χ1v) is 7.68. The van der Waals surface area contributed by atoms with Gasteiger partial charge >= 0.3 is 5.97 Å². The van der Waals surface area contributed by atoms with E-state index in [0.717, 1.165) is 17.8 Å². The first-order valence-electron chi connectivity index (χ1n) is 7.27. The topological polar surface area (TPSA) is 54.5 Å². The van der Waals surface area contributed by atoms with E-state index in [1.165, 1.54) is 7.11 Å². The van der Waals surface area contributed by atoms with Crippen LogP contribution in [0.15, 0.2) is 48.8 Å². The van der Waals surface area contributed by atoms with E-state index >= 15 is 0 Å². The van der Waals surface area contributed by atoms with Gasteiger partial charge < -0.3 is 15.0 Å². The highest BCUT2D eigenvalue weighted by atomic mass is 32.1. The molecule has 0 aliphatic rings. The van der Waals surface area contributed by atoms with Crippen molar-refractivity contribution in [2.45, 2.75) is 13.5 Å². The fourth-order valence-corrected chi connectivity index (χ4v) is 2.36. The quantitative estimate of drug-likeness (QED) is 0.672. The molecule has 0 saturated heterocycles. The summed E-state index contributed by atoms with van der Waals surface area (Å²) >= 11 is 5.47. The number of hydrogen-bond donors (Lipinski definition) is 1. The van der Waals surface area contributed by atoms with E-state index in [4.69, 9.17) is 12.2 Å². The lowest BCUT2D eigenvalue weighted by molar-refractivity contribution is 0.0601. The van der Waals surface area contributed by atoms with Crippen molar-refractivity contribution >= 4 is 29.0 Å². The van der Waals surface area contributed by atoms with Crippen molar-refractivity contribution in [1.82, 2.24) is 9.88 Å². The molecule has 2 aromatic rings. The van der Waals surface area contributed by atoms with Gasteiger partial charge in [-0.05, 0) is 61.1 Å². The maximum absolute atomic E-state index is 11.4. The van der Waals surface area contributed by atoms with Crippen molar-refractivity contribution in [2.75, 3.05) is 19.0 Å². The van der Waals surface area contributed by atoms with Gasteiger partial charge in [-0.2, -0.15) is 0 Å². The lowest BCUT2D eigenvalue weighted by Gasteiger charge is -2.24. The van der Waals surface area contributed by atoms with Crippen molar-refractivity contribution in [3.05, 3.63) is 59.9 Å².